The maximum atomic E-state index is 11.9. The largest absolute Gasteiger partial charge is 0.207 e. The highest BCUT2D eigenvalue weighted by atomic mass is 24.3. The van der Waals surface area contributed by atoms with E-state index in [0.29, 0.717) is 0 Å². The summed E-state index contributed by atoms with van der Waals surface area (Å²) in [6.45, 7) is 0. The van der Waals surface area contributed by atoms with Crippen LogP contribution in [0, 0.1) is 5.82 Å². The quantitative estimate of drug-likeness (QED) is 0.455. The van der Waals surface area contributed by atoms with Crippen molar-refractivity contribution >= 4 is 23.1 Å². The van der Waals surface area contributed by atoms with Gasteiger partial charge >= 0.3 is 0 Å². The van der Waals surface area contributed by atoms with E-state index < -0.39 is 0 Å². The van der Waals surface area contributed by atoms with Gasteiger partial charge in [0.1, 0.15) is 5.82 Å². The highest BCUT2D eigenvalue weighted by Crippen LogP contribution is 1.91. The molecule has 0 heterocycles. The minimum absolute atomic E-state index is 0. The third kappa shape index (κ3) is 2.28. The molecule has 0 amide bonds. The number of benzene rings is 1. The molecule has 0 saturated carbocycles. The van der Waals surface area contributed by atoms with Crippen LogP contribution in [-0.2, 0) is 0 Å². The van der Waals surface area contributed by atoms with E-state index in [1.54, 1.807) is 18.2 Å². The van der Waals surface area contributed by atoms with Gasteiger partial charge in [0.2, 0.25) is 0 Å². The van der Waals surface area contributed by atoms with Crippen LogP contribution in [0.15, 0.2) is 30.3 Å². The zero-order valence-corrected chi connectivity index (χ0v) is 5.89. The second-order valence-electron chi connectivity index (χ2n) is 1.30. The second-order valence-corrected chi connectivity index (χ2v) is 1.30. The van der Waals surface area contributed by atoms with E-state index in [0.717, 1.165) is 0 Å². The van der Waals surface area contributed by atoms with Gasteiger partial charge in [-0.15, -0.1) is 0 Å². The first-order valence-electron chi connectivity index (χ1n) is 2.10. The monoisotopic (exact) mass is 120 g/mol. The van der Waals surface area contributed by atoms with Gasteiger partial charge in [-0.3, -0.25) is 0 Å². The molecule has 0 N–H and O–H groups in total. The normalized spacial score (nSPS) is 7.62. The lowest BCUT2D eigenvalue weighted by Crippen LogP contribution is -1.63. The Bertz CT molecular complexity index is 138. The summed E-state index contributed by atoms with van der Waals surface area (Å²) >= 11 is 0. The first-order chi connectivity index (χ1) is 3.39. The van der Waals surface area contributed by atoms with Crippen LogP contribution < -0.4 is 0 Å². The molecule has 2 heteroatoms. The Hall–Kier alpha value is -0.0838. The van der Waals surface area contributed by atoms with Crippen molar-refractivity contribution in [2.75, 3.05) is 0 Å². The summed E-state index contributed by atoms with van der Waals surface area (Å²) in [5, 5.41) is 0. The Labute approximate surface area is 63.9 Å². The van der Waals surface area contributed by atoms with E-state index in [9.17, 15) is 4.39 Å². The van der Waals surface area contributed by atoms with Crippen molar-refractivity contribution < 1.29 is 4.39 Å². The molecule has 0 aliphatic rings. The Morgan fingerprint density at radius 3 is 1.75 bits per heavy atom. The maximum Gasteiger partial charge on any atom is 0.123 e. The molecule has 1 rings (SSSR count). The molecule has 0 spiro atoms. The van der Waals surface area contributed by atoms with Crippen LogP contribution in [0.5, 0.6) is 0 Å². The van der Waals surface area contributed by atoms with Gasteiger partial charge in [-0.25, -0.2) is 4.39 Å². The molecule has 0 bridgehead atoms. The predicted octanol–water partition coefficient (Wildman–Crippen LogP) is 1.44. The average molecular weight is 120 g/mol. The standard InChI is InChI=1S/C6H5F.Mg/c7-6-4-2-1-3-5-6;/h1-5H;. The molecule has 8 heavy (non-hydrogen) atoms. The van der Waals surface area contributed by atoms with Crippen LogP contribution in [0.1, 0.15) is 0 Å². The Morgan fingerprint density at radius 1 is 1.00 bits per heavy atom. The van der Waals surface area contributed by atoms with Gasteiger partial charge in [-0.1, -0.05) is 18.2 Å². The fraction of sp³-hybridized carbons (Fsp3) is 0. The van der Waals surface area contributed by atoms with Gasteiger partial charge in [-0.05, 0) is 12.1 Å². The molecule has 0 unspecified atom stereocenters. The topological polar surface area (TPSA) is 0 Å². The number of hydrogen-bond donors (Lipinski definition) is 0. The molecule has 0 aliphatic heterocycles. The minimum Gasteiger partial charge on any atom is -0.207 e. The number of halogens is 1. The first-order valence-corrected chi connectivity index (χ1v) is 2.10. The zero-order valence-electron chi connectivity index (χ0n) is 4.47. The third-order valence-electron chi connectivity index (χ3n) is 0.733. The molecule has 38 valence electrons. The van der Waals surface area contributed by atoms with Crippen molar-refractivity contribution in [3.63, 3.8) is 0 Å². The van der Waals surface area contributed by atoms with Gasteiger partial charge in [0.25, 0.3) is 0 Å². The van der Waals surface area contributed by atoms with E-state index >= 15 is 0 Å². The van der Waals surface area contributed by atoms with Gasteiger partial charge in [0.05, 0.1) is 0 Å². The van der Waals surface area contributed by atoms with Crippen molar-refractivity contribution in [3.05, 3.63) is 36.1 Å². The molecule has 1 aromatic rings. The average Bonchev–Trinajstić information content (AvgIpc) is 1.69. The summed E-state index contributed by atoms with van der Waals surface area (Å²) in [6.07, 6.45) is 0. The Balaban J connectivity index is 0.000000490. The second kappa shape index (κ2) is 3.86. The van der Waals surface area contributed by atoms with Gasteiger partial charge in [0.15, 0.2) is 0 Å². The summed E-state index contributed by atoms with van der Waals surface area (Å²) in [7, 11) is 0. The lowest BCUT2D eigenvalue weighted by molar-refractivity contribution is 0.628. The molecule has 0 atom stereocenters. The Kier molecular flexibility index (Phi) is 3.82. The number of hydrogen-bond acceptors (Lipinski definition) is 0. The van der Waals surface area contributed by atoms with E-state index in [2.05, 4.69) is 0 Å². The summed E-state index contributed by atoms with van der Waals surface area (Å²) in [5.41, 5.74) is 0. The summed E-state index contributed by atoms with van der Waals surface area (Å²) in [4.78, 5) is 0. The first kappa shape index (κ1) is 7.92. The molecule has 0 nitrogen and oxygen atoms in total. The predicted molar refractivity (Wildman–Crippen MR) is 32.2 cm³/mol. The van der Waals surface area contributed by atoms with Crippen LogP contribution in [-0.4, -0.2) is 23.1 Å². The fourth-order valence-electron chi connectivity index (χ4n) is 0.415. The molecule has 0 fully saturated rings. The van der Waals surface area contributed by atoms with E-state index in [1.807, 2.05) is 0 Å². The highest BCUT2D eigenvalue weighted by molar-refractivity contribution is 5.75. The summed E-state index contributed by atoms with van der Waals surface area (Å²) in [6, 6.07) is 7.94. The molecule has 1 aromatic carbocycles. The van der Waals surface area contributed by atoms with E-state index in [4.69, 9.17) is 0 Å². The van der Waals surface area contributed by atoms with Crippen LogP contribution in [0.2, 0.25) is 0 Å². The van der Waals surface area contributed by atoms with Crippen LogP contribution in [0.3, 0.4) is 0 Å². The molecular formula is C6H5FMg. The van der Waals surface area contributed by atoms with Gasteiger partial charge in [0, 0.05) is 23.1 Å². The summed E-state index contributed by atoms with van der Waals surface area (Å²) in [5.74, 6) is -0.178. The van der Waals surface area contributed by atoms with Gasteiger partial charge in [-0.2, -0.15) is 0 Å². The van der Waals surface area contributed by atoms with Crippen molar-refractivity contribution in [2.45, 2.75) is 0 Å². The fourth-order valence-corrected chi connectivity index (χ4v) is 0.415. The molecular weight excluding hydrogens is 115 g/mol. The van der Waals surface area contributed by atoms with Crippen molar-refractivity contribution in [1.29, 1.82) is 0 Å². The van der Waals surface area contributed by atoms with E-state index in [-0.39, 0.29) is 28.9 Å². The maximum absolute atomic E-state index is 11.9. The van der Waals surface area contributed by atoms with Crippen LogP contribution in [0.25, 0.3) is 0 Å². The zero-order chi connectivity index (χ0) is 5.11. The SMILES string of the molecule is Fc1ccccc1.[Mg]. The Morgan fingerprint density at radius 2 is 1.50 bits per heavy atom. The van der Waals surface area contributed by atoms with E-state index in [1.165, 1.54) is 12.1 Å². The molecule has 0 aromatic heterocycles. The number of rotatable bonds is 0. The van der Waals surface area contributed by atoms with Gasteiger partial charge < -0.3 is 0 Å². The summed E-state index contributed by atoms with van der Waals surface area (Å²) < 4.78 is 11.9. The lowest BCUT2D eigenvalue weighted by atomic mass is 10.4. The minimum atomic E-state index is -0.178. The van der Waals surface area contributed by atoms with Crippen molar-refractivity contribution in [1.82, 2.24) is 0 Å². The smallest absolute Gasteiger partial charge is 0.123 e. The van der Waals surface area contributed by atoms with Crippen molar-refractivity contribution in [2.24, 2.45) is 0 Å². The van der Waals surface area contributed by atoms with Crippen molar-refractivity contribution in [3.8, 4) is 0 Å². The molecule has 2 radical (unpaired) electrons. The van der Waals surface area contributed by atoms with Crippen LogP contribution >= 0.6 is 0 Å². The third-order valence-corrected chi connectivity index (χ3v) is 0.733. The molecule has 0 saturated heterocycles. The lowest BCUT2D eigenvalue weighted by Gasteiger charge is -1.78. The highest BCUT2D eigenvalue weighted by Gasteiger charge is 1.77. The molecule has 0 aliphatic carbocycles. The van der Waals surface area contributed by atoms with Crippen LogP contribution in [0.4, 0.5) is 4.39 Å².